The monoisotopic (exact) mass is 374 g/mol. The van der Waals surface area contributed by atoms with Gasteiger partial charge in [0.15, 0.2) is 12.2 Å². The molecule has 0 saturated heterocycles. The third kappa shape index (κ3) is 4.01. The minimum absolute atomic E-state index is 0.180. The Morgan fingerprint density at radius 1 is 1.04 bits per heavy atom. The van der Waals surface area contributed by atoms with Crippen LogP contribution in [0.5, 0.6) is 11.5 Å². The lowest BCUT2D eigenvalue weighted by Gasteiger charge is -2.07. The molecule has 0 aliphatic rings. The second kappa shape index (κ2) is 7.92. The molecule has 0 amide bonds. The van der Waals surface area contributed by atoms with Gasteiger partial charge < -0.3 is 13.9 Å². The van der Waals surface area contributed by atoms with Crippen LogP contribution in [0, 0.1) is 0 Å². The Kier molecular flexibility index (Phi) is 5.01. The molecule has 0 aliphatic carbocycles. The van der Waals surface area contributed by atoms with Gasteiger partial charge in [-0.05, 0) is 48.4 Å². The average Bonchev–Trinajstić information content (AvgIpc) is 3.16. The molecule has 140 valence electrons. The summed E-state index contributed by atoms with van der Waals surface area (Å²) in [4.78, 5) is 20.7. The Morgan fingerprint density at radius 3 is 2.79 bits per heavy atom. The summed E-state index contributed by atoms with van der Waals surface area (Å²) >= 11 is 0. The summed E-state index contributed by atoms with van der Waals surface area (Å²) in [6, 6.07) is 18.2. The van der Waals surface area contributed by atoms with Gasteiger partial charge in [-0.2, -0.15) is 0 Å². The van der Waals surface area contributed by atoms with Gasteiger partial charge in [-0.15, -0.1) is 0 Å². The number of benzene rings is 2. The van der Waals surface area contributed by atoms with Crippen LogP contribution >= 0.6 is 0 Å². The number of fused-ring (bicyclic) bond motifs is 1. The van der Waals surface area contributed by atoms with E-state index in [1.165, 1.54) is 0 Å². The first-order valence-corrected chi connectivity index (χ1v) is 8.95. The SMILES string of the molecule is CCc1cccc(OCC(=O)Oc2ccc3nc(-c4ccccn4)oc3c2)c1. The van der Waals surface area contributed by atoms with Crippen LogP contribution in [0.25, 0.3) is 22.7 Å². The average molecular weight is 374 g/mol. The fraction of sp³-hybridized carbons (Fsp3) is 0.136. The van der Waals surface area contributed by atoms with Crippen LogP contribution in [-0.2, 0) is 11.2 Å². The summed E-state index contributed by atoms with van der Waals surface area (Å²) in [6.45, 7) is 1.88. The van der Waals surface area contributed by atoms with Crippen molar-refractivity contribution in [1.82, 2.24) is 9.97 Å². The van der Waals surface area contributed by atoms with E-state index < -0.39 is 5.97 Å². The molecule has 2 aromatic carbocycles. The highest BCUT2D eigenvalue weighted by Crippen LogP contribution is 2.26. The summed E-state index contributed by atoms with van der Waals surface area (Å²) in [7, 11) is 0. The summed E-state index contributed by atoms with van der Waals surface area (Å²) in [6.07, 6.45) is 2.58. The van der Waals surface area contributed by atoms with Crippen LogP contribution in [0.2, 0.25) is 0 Å². The van der Waals surface area contributed by atoms with Crippen molar-refractivity contribution in [1.29, 1.82) is 0 Å². The van der Waals surface area contributed by atoms with Gasteiger partial charge in [0, 0.05) is 12.3 Å². The minimum Gasteiger partial charge on any atom is -0.482 e. The van der Waals surface area contributed by atoms with Crippen molar-refractivity contribution in [2.24, 2.45) is 0 Å². The number of aryl methyl sites for hydroxylation is 1. The molecule has 0 unspecified atom stereocenters. The predicted octanol–water partition coefficient (Wildman–Crippen LogP) is 4.44. The predicted molar refractivity (Wildman–Crippen MR) is 104 cm³/mol. The van der Waals surface area contributed by atoms with Gasteiger partial charge in [-0.25, -0.2) is 9.78 Å². The molecule has 0 bridgehead atoms. The standard InChI is InChI=1S/C22H18N2O4/c1-2-15-6-5-7-16(12-15)26-14-21(25)27-17-9-10-18-20(13-17)28-22(24-18)19-8-3-4-11-23-19/h3-13H,2,14H2,1H3. The molecule has 0 atom stereocenters. The smallest absolute Gasteiger partial charge is 0.349 e. The number of aromatic nitrogens is 2. The Morgan fingerprint density at radius 2 is 1.96 bits per heavy atom. The molecule has 6 nitrogen and oxygen atoms in total. The highest BCUT2D eigenvalue weighted by molar-refractivity contribution is 5.79. The van der Waals surface area contributed by atoms with Crippen LogP contribution in [0.4, 0.5) is 0 Å². The van der Waals surface area contributed by atoms with E-state index >= 15 is 0 Å². The zero-order chi connectivity index (χ0) is 19.3. The van der Waals surface area contributed by atoms with Crippen molar-refractivity contribution in [3.8, 4) is 23.1 Å². The Labute approximate surface area is 161 Å². The Balaban J connectivity index is 1.43. The van der Waals surface area contributed by atoms with E-state index in [-0.39, 0.29) is 6.61 Å². The maximum atomic E-state index is 12.1. The van der Waals surface area contributed by atoms with E-state index in [9.17, 15) is 4.79 Å². The quantitative estimate of drug-likeness (QED) is 0.367. The number of carbonyl (C=O) groups is 1. The molecule has 0 saturated carbocycles. The number of ether oxygens (including phenoxy) is 2. The van der Waals surface area contributed by atoms with Gasteiger partial charge in [-0.3, -0.25) is 4.98 Å². The van der Waals surface area contributed by atoms with E-state index in [0.717, 1.165) is 12.0 Å². The van der Waals surface area contributed by atoms with E-state index in [2.05, 4.69) is 16.9 Å². The normalized spacial score (nSPS) is 10.8. The Hall–Kier alpha value is -3.67. The van der Waals surface area contributed by atoms with Crippen LogP contribution in [-0.4, -0.2) is 22.5 Å². The molecular weight excluding hydrogens is 356 g/mol. The number of carbonyl (C=O) groups excluding carboxylic acids is 1. The lowest BCUT2D eigenvalue weighted by molar-refractivity contribution is -0.136. The van der Waals surface area contributed by atoms with Crippen LogP contribution in [0.15, 0.2) is 71.3 Å². The molecule has 2 aromatic heterocycles. The number of hydrogen-bond donors (Lipinski definition) is 0. The van der Waals surface area contributed by atoms with Gasteiger partial charge >= 0.3 is 5.97 Å². The van der Waals surface area contributed by atoms with Gasteiger partial charge in [0.2, 0.25) is 5.89 Å². The van der Waals surface area contributed by atoms with Gasteiger partial charge in [-0.1, -0.05) is 25.1 Å². The van der Waals surface area contributed by atoms with Crippen LogP contribution in [0.1, 0.15) is 12.5 Å². The number of oxazole rings is 1. The summed E-state index contributed by atoms with van der Waals surface area (Å²) in [5.74, 6) is 0.929. The third-order valence-electron chi connectivity index (χ3n) is 4.14. The first-order valence-electron chi connectivity index (χ1n) is 8.95. The third-order valence-corrected chi connectivity index (χ3v) is 4.14. The Bertz CT molecular complexity index is 1110. The van der Waals surface area contributed by atoms with Crippen molar-refractivity contribution in [3.05, 3.63) is 72.4 Å². The molecular formula is C22H18N2O4. The van der Waals surface area contributed by atoms with Gasteiger partial charge in [0.25, 0.3) is 0 Å². The maximum absolute atomic E-state index is 12.1. The maximum Gasteiger partial charge on any atom is 0.349 e. The largest absolute Gasteiger partial charge is 0.482 e. The van der Waals surface area contributed by atoms with Gasteiger partial charge in [0.05, 0.1) is 0 Å². The number of hydrogen-bond acceptors (Lipinski definition) is 6. The topological polar surface area (TPSA) is 74.5 Å². The molecule has 2 heterocycles. The lowest BCUT2D eigenvalue weighted by atomic mass is 10.2. The molecule has 0 radical (unpaired) electrons. The van der Waals surface area contributed by atoms with E-state index in [1.54, 1.807) is 24.4 Å². The molecule has 4 aromatic rings. The van der Waals surface area contributed by atoms with E-state index in [0.29, 0.717) is 34.2 Å². The summed E-state index contributed by atoms with van der Waals surface area (Å²) in [5.41, 5.74) is 2.96. The lowest BCUT2D eigenvalue weighted by Crippen LogP contribution is -2.17. The number of nitrogens with zero attached hydrogens (tertiary/aromatic N) is 2. The zero-order valence-corrected chi connectivity index (χ0v) is 15.3. The highest BCUT2D eigenvalue weighted by atomic mass is 16.6. The number of esters is 1. The van der Waals surface area contributed by atoms with Crippen molar-refractivity contribution >= 4 is 17.1 Å². The summed E-state index contributed by atoms with van der Waals surface area (Å²) < 4.78 is 16.6. The second-order valence-electron chi connectivity index (χ2n) is 6.13. The summed E-state index contributed by atoms with van der Waals surface area (Å²) in [5, 5.41) is 0. The first-order chi connectivity index (χ1) is 13.7. The molecule has 0 spiro atoms. The van der Waals surface area contributed by atoms with E-state index in [4.69, 9.17) is 13.9 Å². The van der Waals surface area contributed by atoms with E-state index in [1.807, 2.05) is 42.5 Å². The van der Waals surface area contributed by atoms with Crippen molar-refractivity contribution in [3.63, 3.8) is 0 Å². The first kappa shape index (κ1) is 17.7. The molecule has 0 fully saturated rings. The number of pyridine rings is 1. The van der Waals surface area contributed by atoms with Gasteiger partial charge in [0.1, 0.15) is 22.7 Å². The minimum atomic E-state index is -0.495. The molecule has 28 heavy (non-hydrogen) atoms. The van der Waals surface area contributed by atoms with Crippen molar-refractivity contribution in [2.45, 2.75) is 13.3 Å². The fourth-order valence-corrected chi connectivity index (χ4v) is 2.73. The van der Waals surface area contributed by atoms with Crippen LogP contribution in [0.3, 0.4) is 0 Å². The molecule has 0 N–H and O–H groups in total. The van der Waals surface area contributed by atoms with Crippen molar-refractivity contribution < 1.29 is 18.7 Å². The molecule has 4 rings (SSSR count). The molecule has 6 heteroatoms. The van der Waals surface area contributed by atoms with Crippen molar-refractivity contribution in [2.75, 3.05) is 6.61 Å². The van der Waals surface area contributed by atoms with Crippen LogP contribution < -0.4 is 9.47 Å². The fourth-order valence-electron chi connectivity index (χ4n) is 2.73. The second-order valence-corrected chi connectivity index (χ2v) is 6.13. The highest BCUT2D eigenvalue weighted by Gasteiger charge is 2.12. The molecule has 0 aliphatic heterocycles. The number of rotatable bonds is 6. The zero-order valence-electron chi connectivity index (χ0n) is 15.3.